The average Bonchev–Trinajstić information content (AvgIpc) is 2.84. The van der Waals surface area contributed by atoms with Crippen molar-refractivity contribution < 1.29 is 14.3 Å². The van der Waals surface area contributed by atoms with Gasteiger partial charge in [-0.3, -0.25) is 4.79 Å². The van der Waals surface area contributed by atoms with Crippen LogP contribution in [-0.2, 0) is 22.4 Å². The van der Waals surface area contributed by atoms with Crippen LogP contribution in [0.25, 0.3) is 0 Å². The summed E-state index contributed by atoms with van der Waals surface area (Å²) >= 11 is 0. The van der Waals surface area contributed by atoms with Crippen LogP contribution in [0, 0.1) is 11.8 Å². The van der Waals surface area contributed by atoms with E-state index in [-0.39, 0.29) is 11.8 Å². The molecule has 2 rings (SSSR count). The zero-order valence-corrected chi connectivity index (χ0v) is 16.6. The van der Waals surface area contributed by atoms with Gasteiger partial charge in [0, 0.05) is 26.1 Å². The number of methoxy groups -OCH3 is 2. The Bertz CT molecular complexity index is 468. The maximum absolute atomic E-state index is 12.4. The van der Waals surface area contributed by atoms with Crippen molar-refractivity contribution in [2.45, 2.75) is 59.8 Å². The van der Waals surface area contributed by atoms with Gasteiger partial charge in [-0.25, -0.2) is 0 Å². The summed E-state index contributed by atoms with van der Waals surface area (Å²) in [5.74, 6) is 1.73. The molecule has 1 aromatic carbocycles. The summed E-state index contributed by atoms with van der Waals surface area (Å²) < 4.78 is 9.55. The molecule has 0 amide bonds. The summed E-state index contributed by atoms with van der Waals surface area (Å²) in [6.07, 6.45) is 5.06. The lowest BCUT2D eigenvalue weighted by atomic mass is 9.86. The molecule has 3 nitrogen and oxygen atoms in total. The Kier molecular flexibility index (Phi) is 12.3. The Morgan fingerprint density at radius 3 is 2.38 bits per heavy atom. The molecule has 2 unspecified atom stereocenters. The minimum Gasteiger partial charge on any atom is -0.497 e. The number of carbonyl (C=O) groups is 1. The van der Waals surface area contributed by atoms with Crippen LogP contribution in [-0.4, -0.2) is 27.1 Å². The van der Waals surface area contributed by atoms with E-state index in [4.69, 9.17) is 4.74 Å². The van der Waals surface area contributed by atoms with Gasteiger partial charge in [0.2, 0.25) is 0 Å². The van der Waals surface area contributed by atoms with E-state index in [2.05, 4.69) is 30.7 Å². The molecule has 0 fully saturated rings. The zero-order valence-electron chi connectivity index (χ0n) is 16.6. The second-order valence-electron chi connectivity index (χ2n) is 6.05. The van der Waals surface area contributed by atoms with Crippen molar-refractivity contribution in [2.75, 3.05) is 21.3 Å². The van der Waals surface area contributed by atoms with Crippen molar-refractivity contribution in [1.29, 1.82) is 0 Å². The van der Waals surface area contributed by atoms with Crippen LogP contribution in [0.1, 0.15) is 58.1 Å². The first-order valence-corrected chi connectivity index (χ1v) is 9.16. The van der Waals surface area contributed by atoms with E-state index in [0.717, 1.165) is 37.9 Å². The van der Waals surface area contributed by atoms with Crippen molar-refractivity contribution in [3.8, 4) is 5.75 Å². The minimum atomic E-state index is 0.192. The lowest BCUT2D eigenvalue weighted by Gasteiger charge is -2.17. The zero-order chi connectivity index (χ0) is 18.5. The topological polar surface area (TPSA) is 35.5 Å². The van der Waals surface area contributed by atoms with Gasteiger partial charge >= 0.3 is 0 Å². The molecule has 138 valence electrons. The Hall–Kier alpha value is -1.35. The summed E-state index contributed by atoms with van der Waals surface area (Å²) in [5, 5.41) is 0. The molecule has 24 heavy (non-hydrogen) atoms. The lowest BCUT2D eigenvalue weighted by molar-refractivity contribution is -0.126. The normalized spacial score (nSPS) is 17.0. The molecule has 1 aliphatic rings. The van der Waals surface area contributed by atoms with Crippen molar-refractivity contribution >= 4 is 5.78 Å². The fourth-order valence-electron chi connectivity index (χ4n) is 2.92. The molecule has 1 aromatic rings. The number of Topliss-reactive ketones (excluding diaryl/α,β-unsaturated/α-hetero) is 1. The second-order valence-corrected chi connectivity index (χ2v) is 6.05. The van der Waals surface area contributed by atoms with Gasteiger partial charge in [-0.15, -0.1) is 0 Å². The highest BCUT2D eigenvalue weighted by Gasteiger charge is 2.25. The molecular weight excluding hydrogens is 300 g/mol. The number of fused-ring (bicyclic) bond motifs is 1. The van der Waals surface area contributed by atoms with Gasteiger partial charge in [-0.05, 0) is 55.4 Å². The number of hydrogen-bond donors (Lipinski definition) is 0. The van der Waals surface area contributed by atoms with E-state index < -0.39 is 0 Å². The SMILES string of the molecule is CC.CCC(C)C(=O)C1CCCc2ccc(OC)cc2C1.COC. The van der Waals surface area contributed by atoms with Gasteiger partial charge in [0.1, 0.15) is 11.5 Å². The summed E-state index contributed by atoms with van der Waals surface area (Å²) in [4.78, 5) is 12.4. The second kappa shape index (κ2) is 13.0. The molecule has 0 radical (unpaired) electrons. The van der Waals surface area contributed by atoms with E-state index in [9.17, 15) is 4.79 Å². The predicted octanol–water partition coefficient (Wildman–Crippen LogP) is 5.09. The highest BCUT2D eigenvalue weighted by molar-refractivity contribution is 5.83. The number of ether oxygens (including phenoxy) is 2. The fraction of sp³-hybridized carbons (Fsp3) is 0.667. The third-order valence-corrected chi connectivity index (χ3v) is 4.38. The van der Waals surface area contributed by atoms with Crippen LogP contribution in [0.2, 0.25) is 0 Å². The first-order valence-electron chi connectivity index (χ1n) is 9.16. The molecule has 3 heteroatoms. The number of ketones is 1. The number of rotatable bonds is 4. The average molecular weight is 337 g/mol. The van der Waals surface area contributed by atoms with Gasteiger partial charge in [0.25, 0.3) is 0 Å². The molecular formula is C21H36O3. The van der Waals surface area contributed by atoms with Crippen molar-refractivity contribution in [3.63, 3.8) is 0 Å². The summed E-state index contributed by atoms with van der Waals surface area (Å²) in [6, 6.07) is 6.29. The summed E-state index contributed by atoms with van der Waals surface area (Å²) in [6.45, 7) is 8.15. The highest BCUT2D eigenvalue weighted by atomic mass is 16.5. The molecule has 0 saturated carbocycles. The van der Waals surface area contributed by atoms with Gasteiger partial charge in [-0.2, -0.15) is 0 Å². The maximum Gasteiger partial charge on any atom is 0.139 e. The third kappa shape index (κ3) is 7.04. The number of benzene rings is 1. The van der Waals surface area contributed by atoms with Crippen LogP contribution in [0.15, 0.2) is 18.2 Å². The van der Waals surface area contributed by atoms with Crippen LogP contribution in [0.3, 0.4) is 0 Å². The fourth-order valence-corrected chi connectivity index (χ4v) is 2.92. The number of carbonyl (C=O) groups excluding carboxylic acids is 1. The first-order chi connectivity index (χ1) is 11.6. The molecule has 0 N–H and O–H groups in total. The van der Waals surface area contributed by atoms with Gasteiger partial charge < -0.3 is 9.47 Å². The van der Waals surface area contributed by atoms with Crippen LogP contribution >= 0.6 is 0 Å². The van der Waals surface area contributed by atoms with Crippen molar-refractivity contribution in [3.05, 3.63) is 29.3 Å². The van der Waals surface area contributed by atoms with E-state index >= 15 is 0 Å². The summed E-state index contributed by atoms with van der Waals surface area (Å²) in [5.41, 5.74) is 2.69. The predicted molar refractivity (Wildman–Crippen MR) is 102 cm³/mol. The number of hydrogen-bond acceptors (Lipinski definition) is 3. The van der Waals surface area contributed by atoms with E-state index in [0.29, 0.717) is 5.78 Å². The highest BCUT2D eigenvalue weighted by Crippen LogP contribution is 2.29. The molecule has 0 bridgehead atoms. The van der Waals surface area contributed by atoms with Crippen molar-refractivity contribution in [2.24, 2.45) is 11.8 Å². The quantitative estimate of drug-likeness (QED) is 0.718. The molecule has 2 atom stereocenters. The largest absolute Gasteiger partial charge is 0.497 e. The summed E-state index contributed by atoms with van der Waals surface area (Å²) in [7, 11) is 4.94. The number of aryl methyl sites for hydroxylation is 1. The molecule has 0 spiro atoms. The van der Waals surface area contributed by atoms with Crippen LogP contribution in [0.4, 0.5) is 0 Å². The Morgan fingerprint density at radius 2 is 1.83 bits per heavy atom. The molecule has 0 saturated heterocycles. The third-order valence-electron chi connectivity index (χ3n) is 4.38. The van der Waals surface area contributed by atoms with E-state index in [1.165, 1.54) is 11.1 Å². The van der Waals surface area contributed by atoms with Crippen molar-refractivity contribution in [1.82, 2.24) is 0 Å². The minimum absolute atomic E-state index is 0.192. The molecule has 0 aromatic heterocycles. The monoisotopic (exact) mass is 336 g/mol. The standard InChI is InChI=1S/C17H24O2.C2H6O.C2H6/c1-4-12(2)17(18)14-7-5-6-13-8-9-16(19-3)11-15(13)10-14;1-3-2;1-2/h8-9,11-12,14H,4-7,10H2,1-3H3;1-2H3;1-2H3. The smallest absolute Gasteiger partial charge is 0.139 e. The van der Waals surface area contributed by atoms with Crippen LogP contribution < -0.4 is 4.74 Å². The van der Waals surface area contributed by atoms with E-state index in [1.54, 1.807) is 21.3 Å². The van der Waals surface area contributed by atoms with Crippen LogP contribution in [0.5, 0.6) is 5.75 Å². The van der Waals surface area contributed by atoms with Gasteiger partial charge in [-0.1, -0.05) is 33.8 Å². The lowest BCUT2D eigenvalue weighted by Crippen LogP contribution is -2.22. The Balaban J connectivity index is 0.000000952. The Morgan fingerprint density at radius 1 is 1.21 bits per heavy atom. The van der Waals surface area contributed by atoms with E-state index in [1.807, 2.05) is 19.9 Å². The molecule has 1 aliphatic carbocycles. The van der Waals surface area contributed by atoms with Gasteiger partial charge in [0.05, 0.1) is 7.11 Å². The first kappa shape index (κ1) is 22.6. The molecule has 0 heterocycles. The maximum atomic E-state index is 12.4. The van der Waals surface area contributed by atoms with Gasteiger partial charge in [0.15, 0.2) is 0 Å². The Labute approximate surface area is 148 Å². The molecule has 0 aliphatic heterocycles.